The zero-order valence-electron chi connectivity index (χ0n) is 18.8. The molecular weight excluding hydrogens is 396 g/mol. The van der Waals surface area contributed by atoms with Gasteiger partial charge in [0.1, 0.15) is 6.33 Å². The normalized spacial score (nSPS) is 24.2. The average Bonchev–Trinajstić information content (AvgIpc) is 2.81. The molecule has 0 bridgehead atoms. The SMILES string of the molecule is Cc1cccc(-c2ccc([C@@H]3[C@H]4CN(Cc5cncnc5)CCCCN4[C@H]3CO)cc2)c1. The number of aliphatic hydroxyl groups is 1. The van der Waals surface area contributed by atoms with E-state index in [2.05, 4.69) is 75.2 Å². The Hall–Kier alpha value is -2.60. The quantitative estimate of drug-likeness (QED) is 0.668. The lowest BCUT2D eigenvalue weighted by Gasteiger charge is -2.57. The molecule has 5 rings (SSSR count). The van der Waals surface area contributed by atoms with Crippen molar-refractivity contribution in [1.82, 2.24) is 19.8 Å². The highest BCUT2D eigenvalue weighted by atomic mass is 16.3. The molecule has 166 valence electrons. The molecule has 0 saturated carbocycles. The molecule has 2 saturated heterocycles. The number of aromatic nitrogens is 2. The summed E-state index contributed by atoms with van der Waals surface area (Å²) in [7, 11) is 0. The fraction of sp³-hybridized carbons (Fsp3) is 0.407. The minimum absolute atomic E-state index is 0.213. The van der Waals surface area contributed by atoms with E-state index in [9.17, 15) is 5.11 Å². The van der Waals surface area contributed by atoms with Crippen LogP contribution in [0, 0.1) is 6.92 Å². The second-order valence-electron chi connectivity index (χ2n) is 9.26. The van der Waals surface area contributed by atoms with Gasteiger partial charge in [0.2, 0.25) is 0 Å². The first-order valence-corrected chi connectivity index (χ1v) is 11.7. The largest absolute Gasteiger partial charge is 0.395 e. The molecule has 2 aliphatic rings. The van der Waals surface area contributed by atoms with E-state index in [1.165, 1.54) is 35.1 Å². The van der Waals surface area contributed by atoms with Crippen molar-refractivity contribution < 1.29 is 5.11 Å². The maximum absolute atomic E-state index is 10.2. The van der Waals surface area contributed by atoms with Crippen LogP contribution in [0.3, 0.4) is 0 Å². The monoisotopic (exact) mass is 428 g/mol. The highest BCUT2D eigenvalue weighted by Gasteiger charge is 2.49. The number of hydrogen-bond acceptors (Lipinski definition) is 5. The highest BCUT2D eigenvalue weighted by Crippen LogP contribution is 2.42. The summed E-state index contributed by atoms with van der Waals surface area (Å²) in [6.07, 6.45) is 7.79. The number of benzene rings is 2. The van der Waals surface area contributed by atoms with Crippen LogP contribution >= 0.6 is 0 Å². The Balaban J connectivity index is 1.36. The van der Waals surface area contributed by atoms with Crippen molar-refractivity contribution in [2.75, 3.05) is 26.2 Å². The molecule has 5 nitrogen and oxygen atoms in total. The Morgan fingerprint density at radius 1 is 0.969 bits per heavy atom. The van der Waals surface area contributed by atoms with Crippen LogP contribution in [-0.2, 0) is 6.54 Å². The Morgan fingerprint density at radius 2 is 1.75 bits per heavy atom. The molecule has 0 radical (unpaired) electrons. The van der Waals surface area contributed by atoms with Gasteiger partial charge in [0.05, 0.1) is 6.61 Å². The molecule has 3 atom stereocenters. The van der Waals surface area contributed by atoms with Crippen LogP contribution in [0.15, 0.2) is 67.3 Å². The fourth-order valence-corrected chi connectivity index (χ4v) is 5.55. The summed E-state index contributed by atoms with van der Waals surface area (Å²) >= 11 is 0. The Labute approximate surface area is 190 Å². The van der Waals surface area contributed by atoms with Crippen LogP contribution in [0.25, 0.3) is 11.1 Å². The summed E-state index contributed by atoms with van der Waals surface area (Å²) in [5.41, 5.74) is 6.28. The van der Waals surface area contributed by atoms with Gasteiger partial charge in [0, 0.05) is 49.0 Å². The second kappa shape index (κ2) is 9.49. The minimum atomic E-state index is 0.213. The molecule has 3 aromatic rings. The number of rotatable bonds is 5. The van der Waals surface area contributed by atoms with Gasteiger partial charge in [-0.3, -0.25) is 9.80 Å². The molecule has 0 unspecified atom stereocenters. The predicted octanol–water partition coefficient (Wildman–Crippen LogP) is 3.88. The van der Waals surface area contributed by atoms with Crippen LogP contribution < -0.4 is 0 Å². The molecule has 0 amide bonds. The Bertz CT molecular complexity index is 1020. The summed E-state index contributed by atoms with van der Waals surface area (Å²) in [4.78, 5) is 13.4. The number of aliphatic hydroxyl groups excluding tert-OH is 1. The maximum atomic E-state index is 10.2. The zero-order chi connectivity index (χ0) is 21.9. The summed E-state index contributed by atoms with van der Waals surface area (Å²) in [6, 6.07) is 18.3. The van der Waals surface area contributed by atoms with Gasteiger partial charge >= 0.3 is 0 Å². The van der Waals surface area contributed by atoms with E-state index < -0.39 is 0 Å². The van der Waals surface area contributed by atoms with Gasteiger partial charge in [0.25, 0.3) is 0 Å². The van der Waals surface area contributed by atoms with Crippen molar-refractivity contribution in [2.24, 2.45) is 0 Å². The molecule has 2 aliphatic heterocycles. The first-order chi connectivity index (χ1) is 15.7. The van der Waals surface area contributed by atoms with Crippen molar-refractivity contribution in [3.8, 4) is 11.1 Å². The molecule has 2 aromatic carbocycles. The van der Waals surface area contributed by atoms with E-state index in [0.717, 1.165) is 31.7 Å². The van der Waals surface area contributed by atoms with Crippen molar-refractivity contribution >= 4 is 0 Å². The first kappa shape index (κ1) is 21.3. The Morgan fingerprint density at radius 3 is 2.50 bits per heavy atom. The highest BCUT2D eigenvalue weighted by molar-refractivity contribution is 5.64. The molecule has 5 heteroatoms. The molecule has 1 N–H and O–H groups in total. The second-order valence-corrected chi connectivity index (χ2v) is 9.26. The molecule has 2 fully saturated rings. The van der Waals surface area contributed by atoms with E-state index in [1.54, 1.807) is 6.33 Å². The topological polar surface area (TPSA) is 52.5 Å². The molecule has 32 heavy (non-hydrogen) atoms. The van der Waals surface area contributed by atoms with Crippen molar-refractivity contribution in [2.45, 2.75) is 44.3 Å². The average molecular weight is 429 g/mol. The van der Waals surface area contributed by atoms with Gasteiger partial charge in [-0.05, 0) is 49.5 Å². The maximum Gasteiger partial charge on any atom is 0.115 e. The van der Waals surface area contributed by atoms with Crippen LogP contribution in [0.1, 0.15) is 35.4 Å². The number of nitrogens with zero attached hydrogens (tertiary/aromatic N) is 4. The standard InChI is InChI=1S/C27H32N4O/c1-20-5-4-6-24(13-20)22-7-9-23(10-8-22)27-25-17-30(16-21-14-28-19-29-15-21)11-2-3-12-31(25)26(27)18-32/h4-10,13-15,19,25-27,32H,2-3,11-12,16-18H2,1H3/t25-,26+,27-/m1/s1. The third-order valence-electron chi connectivity index (χ3n) is 7.12. The lowest BCUT2D eigenvalue weighted by atomic mass is 9.74. The lowest BCUT2D eigenvalue weighted by molar-refractivity contribution is -0.0655. The van der Waals surface area contributed by atoms with E-state index in [-0.39, 0.29) is 12.6 Å². The number of hydrogen-bond donors (Lipinski definition) is 1. The molecule has 3 heterocycles. The van der Waals surface area contributed by atoms with Gasteiger partial charge in [0.15, 0.2) is 0 Å². The van der Waals surface area contributed by atoms with E-state index in [0.29, 0.717) is 12.0 Å². The van der Waals surface area contributed by atoms with Gasteiger partial charge < -0.3 is 5.11 Å². The number of aryl methyl sites for hydroxylation is 1. The summed E-state index contributed by atoms with van der Waals surface area (Å²) in [5.74, 6) is 0.360. The third kappa shape index (κ3) is 4.33. The Kier molecular flexibility index (Phi) is 6.30. The first-order valence-electron chi connectivity index (χ1n) is 11.7. The van der Waals surface area contributed by atoms with Crippen molar-refractivity contribution in [3.63, 3.8) is 0 Å². The fourth-order valence-electron chi connectivity index (χ4n) is 5.55. The van der Waals surface area contributed by atoms with Gasteiger partial charge in [-0.25, -0.2) is 9.97 Å². The molecular formula is C27H32N4O. The van der Waals surface area contributed by atoms with Gasteiger partial charge in [-0.2, -0.15) is 0 Å². The molecule has 0 spiro atoms. The van der Waals surface area contributed by atoms with Gasteiger partial charge in [-0.15, -0.1) is 0 Å². The summed E-state index contributed by atoms with van der Waals surface area (Å²) in [5, 5.41) is 10.2. The smallest absolute Gasteiger partial charge is 0.115 e. The van der Waals surface area contributed by atoms with E-state index >= 15 is 0 Å². The predicted molar refractivity (Wildman–Crippen MR) is 127 cm³/mol. The van der Waals surface area contributed by atoms with Crippen molar-refractivity contribution in [3.05, 3.63) is 83.9 Å². The van der Waals surface area contributed by atoms with Crippen molar-refractivity contribution in [1.29, 1.82) is 0 Å². The van der Waals surface area contributed by atoms with E-state index in [1.807, 2.05) is 12.4 Å². The summed E-state index contributed by atoms with van der Waals surface area (Å²) in [6.45, 7) is 6.42. The van der Waals surface area contributed by atoms with Gasteiger partial charge in [-0.1, -0.05) is 54.1 Å². The van der Waals surface area contributed by atoms with Crippen LogP contribution in [-0.4, -0.2) is 63.2 Å². The van der Waals surface area contributed by atoms with Crippen LogP contribution in [0.4, 0.5) is 0 Å². The van der Waals surface area contributed by atoms with Crippen LogP contribution in [0.2, 0.25) is 0 Å². The summed E-state index contributed by atoms with van der Waals surface area (Å²) < 4.78 is 0. The third-order valence-corrected chi connectivity index (χ3v) is 7.12. The molecule has 1 aromatic heterocycles. The zero-order valence-corrected chi connectivity index (χ0v) is 18.8. The minimum Gasteiger partial charge on any atom is -0.395 e. The lowest BCUT2D eigenvalue weighted by Crippen LogP contribution is -2.67. The molecule has 0 aliphatic carbocycles. The van der Waals surface area contributed by atoms with Crippen LogP contribution in [0.5, 0.6) is 0 Å². The van der Waals surface area contributed by atoms with E-state index in [4.69, 9.17) is 0 Å². The number of fused-ring (bicyclic) bond motifs is 1.